The van der Waals surface area contributed by atoms with Gasteiger partial charge in [0.05, 0.1) is 19.3 Å². The molecule has 0 amide bonds. The first-order valence-corrected chi connectivity index (χ1v) is 12.4. The fourth-order valence-electron chi connectivity index (χ4n) is 5.97. The number of rotatable bonds is 7. The standard InChI is InChI=1S/C23H44N4O2/c1-28-22-8-4-19(5-9-22)20-16-24-23(25-17-20)26-21-6-2-18(3-7-21)10-11-27-12-14-29-15-13-27/h18-26H,2-17H2,1H3. The highest BCUT2D eigenvalue weighted by molar-refractivity contribution is 4.87. The van der Waals surface area contributed by atoms with Gasteiger partial charge in [-0.1, -0.05) is 0 Å². The minimum absolute atomic E-state index is 0.302. The summed E-state index contributed by atoms with van der Waals surface area (Å²) in [6.07, 6.45) is 12.8. The van der Waals surface area contributed by atoms with Gasteiger partial charge < -0.3 is 9.47 Å². The summed E-state index contributed by atoms with van der Waals surface area (Å²) in [5.41, 5.74) is 0. The van der Waals surface area contributed by atoms with E-state index in [-0.39, 0.29) is 0 Å². The van der Waals surface area contributed by atoms with Gasteiger partial charge in [0.1, 0.15) is 6.29 Å². The Morgan fingerprint density at radius 3 is 2.24 bits per heavy atom. The Labute approximate surface area is 177 Å². The van der Waals surface area contributed by atoms with Crippen LogP contribution in [0, 0.1) is 17.8 Å². The van der Waals surface area contributed by atoms with Gasteiger partial charge in [0.15, 0.2) is 0 Å². The number of morpholine rings is 1. The van der Waals surface area contributed by atoms with Crippen LogP contribution >= 0.6 is 0 Å². The second-order valence-electron chi connectivity index (χ2n) is 9.91. The van der Waals surface area contributed by atoms with Crippen LogP contribution < -0.4 is 16.0 Å². The van der Waals surface area contributed by atoms with Gasteiger partial charge in [-0.25, -0.2) is 0 Å². The Hall–Kier alpha value is -0.240. The molecule has 0 atom stereocenters. The summed E-state index contributed by atoms with van der Waals surface area (Å²) >= 11 is 0. The molecule has 2 saturated heterocycles. The van der Waals surface area contributed by atoms with Crippen molar-refractivity contribution in [2.45, 2.75) is 76.2 Å². The molecule has 2 aliphatic carbocycles. The zero-order valence-corrected chi connectivity index (χ0v) is 18.5. The molecule has 0 unspecified atom stereocenters. The number of hydrogen-bond acceptors (Lipinski definition) is 6. The molecular weight excluding hydrogens is 364 g/mol. The number of ether oxygens (including phenoxy) is 2. The molecule has 0 aromatic heterocycles. The van der Waals surface area contributed by atoms with Crippen molar-refractivity contribution in [2.24, 2.45) is 17.8 Å². The van der Waals surface area contributed by atoms with Crippen molar-refractivity contribution in [3.8, 4) is 0 Å². The predicted molar refractivity (Wildman–Crippen MR) is 117 cm³/mol. The lowest BCUT2D eigenvalue weighted by Crippen LogP contribution is -2.63. The second kappa shape index (κ2) is 11.4. The quantitative estimate of drug-likeness (QED) is 0.600. The minimum Gasteiger partial charge on any atom is -0.381 e. The summed E-state index contributed by atoms with van der Waals surface area (Å²) in [4.78, 5) is 2.59. The molecule has 4 rings (SSSR count). The van der Waals surface area contributed by atoms with Crippen molar-refractivity contribution >= 4 is 0 Å². The van der Waals surface area contributed by atoms with Crippen LogP contribution in [0.3, 0.4) is 0 Å². The third-order valence-corrected chi connectivity index (χ3v) is 8.09. The molecule has 29 heavy (non-hydrogen) atoms. The molecule has 4 fully saturated rings. The van der Waals surface area contributed by atoms with Crippen molar-refractivity contribution < 1.29 is 9.47 Å². The Kier molecular flexibility index (Phi) is 8.64. The number of methoxy groups -OCH3 is 1. The van der Waals surface area contributed by atoms with E-state index in [2.05, 4.69) is 20.9 Å². The van der Waals surface area contributed by atoms with Gasteiger partial charge in [0.2, 0.25) is 0 Å². The Balaban J connectivity index is 1.08. The Morgan fingerprint density at radius 2 is 1.59 bits per heavy atom. The lowest BCUT2D eigenvalue weighted by molar-refractivity contribution is 0.0341. The number of hydrogen-bond donors (Lipinski definition) is 3. The highest BCUT2D eigenvalue weighted by Crippen LogP contribution is 2.32. The maximum Gasteiger partial charge on any atom is 0.112 e. The molecule has 0 bridgehead atoms. The van der Waals surface area contributed by atoms with E-state index >= 15 is 0 Å². The van der Waals surface area contributed by atoms with Gasteiger partial charge in [-0.15, -0.1) is 0 Å². The van der Waals surface area contributed by atoms with Crippen molar-refractivity contribution in [1.82, 2.24) is 20.9 Å². The van der Waals surface area contributed by atoms with E-state index in [1.54, 1.807) is 0 Å². The topological polar surface area (TPSA) is 57.8 Å². The van der Waals surface area contributed by atoms with Crippen LogP contribution in [-0.4, -0.2) is 76.4 Å². The van der Waals surface area contributed by atoms with Crippen molar-refractivity contribution in [1.29, 1.82) is 0 Å². The van der Waals surface area contributed by atoms with Gasteiger partial charge in [-0.3, -0.25) is 20.9 Å². The van der Waals surface area contributed by atoms with Crippen molar-refractivity contribution in [3.05, 3.63) is 0 Å². The van der Waals surface area contributed by atoms with Crippen LogP contribution in [0.15, 0.2) is 0 Å². The Morgan fingerprint density at radius 1 is 0.897 bits per heavy atom. The van der Waals surface area contributed by atoms with Gasteiger partial charge in [0.25, 0.3) is 0 Å². The molecule has 4 aliphatic rings. The van der Waals surface area contributed by atoms with E-state index in [9.17, 15) is 0 Å². The zero-order chi connectivity index (χ0) is 19.9. The highest BCUT2D eigenvalue weighted by Gasteiger charge is 2.31. The van der Waals surface area contributed by atoms with Gasteiger partial charge in [-0.05, 0) is 82.1 Å². The van der Waals surface area contributed by atoms with Crippen LogP contribution in [0.2, 0.25) is 0 Å². The fourth-order valence-corrected chi connectivity index (χ4v) is 5.97. The predicted octanol–water partition coefficient (Wildman–Crippen LogP) is 2.15. The molecule has 6 heteroatoms. The van der Waals surface area contributed by atoms with Crippen molar-refractivity contribution in [3.63, 3.8) is 0 Å². The third-order valence-electron chi connectivity index (χ3n) is 8.09. The van der Waals surface area contributed by atoms with Gasteiger partial charge in [-0.2, -0.15) is 0 Å². The van der Waals surface area contributed by atoms with Gasteiger partial charge in [0, 0.05) is 39.3 Å². The van der Waals surface area contributed by atoms with E-state index in [0.717, 1.165) is 57.1 Å². The number of nitrogens with one attached hydrogen (secondary N) is 3. The van der Waals surface area contributed by atoms with E-state index in [4.69, 9.17) is 9.47 Å². The normalized spacial score (nSPS) is 40.0. The zero-order valence-electron chi connectivity index (χ0n) is 18.5. The minimum atomic E-state index is 0.302. The fraction of sp³-hybridized carbons (Fsp3) is 1.00. The first-order valence-electron chi connectivity index (χ1n) is 12.4. The van der Waals surface area contributed by atoms with Crippen LogP contribution in [0.5, 0.6) is 0 Å². The summed E-state index contributed by atoms with van der Waals surface area (Å²) < 4.78 is 11.0. The van der Waals surface area contributed by atoms with Crippen LogP contribution in [0.25, 0.3) is 0 Å². The first kappa shape index (κ1) is 22.0. The maximum atomic E-state index is 5.53. The molecule has 3 N–H and O–H groups in total. The molecule has 168 valence electrons. The number of nitrogens with zero attached hydrogens (tertiary/aromatic N) is 1. The van der Waals surface area contributed by atoms with Gasteiger partial charge >= 0.3 is 0 Å². The molecule has 0 spiro atoms. The van der Waals surface area contributed by atoms with E-state index in [1.807, 2.05) is 7.11 Å². The second-order valence-corrected chi connectivity index (χ2v) is 9.91. The smallest absolute Gasteiger partial charge is 0.112 e. The van der Waals surface area contributed by atoms with Crippen LogP contribution in [0.1, 0.15) is 57.8 Å². The molecule has 0 aromatic rings. The van der Waals surface area contributed by atoms with E-state index < -0.39 is 0 Å². The molecule has 0 aromatic carbocycles. The lowest BCUT2D eigenvalue weighted by atomic mass is 9.78. The SMILES string of the molecule is COC1CCC(C2CNC(NC3CCC(CCN4CCOCC4)CC3)NC2)CC1. The van der Waals surface area contributed by atoms with E-state index in [0.29, 0.717) is 18.4 Å². The highest BCUT2D eigenvalue weighted by atomic mass is 16.5. The Bertz CT molecular complexity index is 450. The third kappa shape index (κ3) is 6.62. The largest absolute Gasteiger partial charge is 0.381 e. The summed E-state index contributed by atoms with van der Waals surface area (Å²) in [7, 11) is 1.86. The molecule has 6 nitrogen and oxygen atoms in total. The summed E-state index contributed by atoms with van der Waals surface area (Å²) in [5, 5.41) is 11.3. The molecule has 2 aliphatic heterocycles. The summed E-state index contributed by atoms with van der Waals surface area (Å²) in [6, 6.07) is 0.674. The average molecular weight is 409 g/mol. The van der Waals surface area contributed by atoms with Crippen molar-refractivity contribution in [2.75, 3.05) is 53.0 Å². The van der Waals surface area contributed by atoms with Crippen LogP contribution in [-0.2, 0) is 9.47 Å². The average Bonchev–Trinajstić information content (AvgIpc) is 2.80. The van der Waals surface area contributed by atoms with E-state index in [1.165, 1.54) is 64.3 Å². The summed E-state index contributed by atoms with van der Waals surface area (Å²) in [5.74, 6) is 2.57. The molecule has 2 saturated carbocycles. The lowest BCUT2D eigenvalue weighted by Gasteiger charge is -2.40. The molecule has 2 heterocycles. The monoisotopic (exact) mass is 408 g/mol. The first-order chi connectivity index (χ1) is 14.3. The maximum absolute atomic E-state index is 5.53. The molecule has 0 radical (unpaired) electrons. The summed E-state index contributed by atoms with van der Waals surface area (Å²) in [6.45, 7) is 7.69. The molecular formula is C23H44N4O2. The van der Waals surface area contributed by atoms with Crippen LogP contribution in [0.4, 0.5) is 0 Å².